The second-order valence-electron chi connectivity index (χ2n) is 5.44. The van der Waals surface area contributed by atoms with Crippen molar-refractivity contribution in [3.05, 3.63) is 17.8 Å². The molecule has 0 bridgehead atoms. The van der Waals surface area contributed by atoms with Crippen LogP contribution in [0.15, 0.2) is 12.1 Å². The molecule has 4 heteroatoms. The molecular weight excluding hydrogens is 214 g/mol. The van der Waals surface area contributed by atoms with Crippen molar-refractivity contribution < 1.29 is 4.74 Å². The molecule has 1 rings (SSSR count). The number of nitrogens with one attached hydrogen (secondary N) is 1. The van der Waals surface area contributed by atoms with Crippen molar-refractivity contribution in [1.82, 2.24) is 15.5 Å². The third kappa shape index (κ3) is 4.69. The Balaban J connectivity index is 2.66. The van der Waals surface area contributed by atoms with Crippen LogP contribution in [0.1, 0.15) is 45.3 Å². The fourth-order valence-corrected chi connectivity index (χ4v) is 1.64. The predicted molar refractivity (Wildman–Crippen MR) is 69.1 cm³/mol. The molecule has 0 amide bonds. The van der Waals surface area contributed by atoms with Gasteiger partial charge in [-0.2, -0.15) is 5.10 Å². The summed E-state index contributed by atoms with van der Waals surface area (Å²) in [5.41, 5.74) is 1.31. The molecule has 1 aromatic heterocycles. The molecule has 1 unspecified atom stereocenters. The second kappa shape index (κ2) is 5.96. The standard InChI is InChI=1S/C13H23N3O/c1-13(2,3)9-8-10(14-4)11-6-7-12(17-5)16-15-11/h6-7,10,14H,8-9H2,1-5H3. The molecule has 4 nitrogen and oxygen atoms in total. The van der Waals surface area contributed by atoms with E-state index in [0.29, 0.717) is 11.3 Å². The van der Waals surface area contributed by atoms with Crippen LogP contribution in [-0.4, -0.2) is 24.4 Å². The van der Waals surface area contributed by atoms with E-state index in [-0.39, 0.29) is 6.04 Å². The Labute approximate surface area is 104 Å². The number of nitrogens with zero attached hydrogens (tertiary/aromatic N) is 2. The number of ether oxygens (including phenoxy) is 1. The first-order valence-corrected chi connectivity index (χ1v) is 6.01. The Morgan fingerprint density at radius 1 is 1.29 bits per heavy atom. The summed E-state index contributed by atoms with van der Waals surface area (Å²) in [6.45, 7) is 6.75. The molecule has 0 aliphatic heterocycles. The van der Waals surface area contributed by atoms with E-state index in [9.17, 15) is 0 Å². The maximum atomic E-state index is 5.00. The topological polar surface area (TPSA) is 47.0 Å². The van der Waals surface area contributed by atoms with Crippen LogP contribution < -0.4 is 10.1 Å². The van der Waals surface area contributed by atoms with Crippen molar-refractivity contribution >= 4 is 0 Å². The molecule has 0 radical (unpaired) electrons. The Hall–Kier alpha value is -1.16. The van der Waals surface area contributed by atoms with Crippen LogP contribution in [-0.2, 0) is 0 Å². The minimum atomic E-state index is 0.257. The van der Waals surface area contributed by atoms with Gasteiger partial charge in [0.05, 0.1) is 18.8 Å². The van der Waals surface area contributed by atoms with Gasteiger partial charge in [0.25, 0.3) is 0 Å². The lowest BCUT2D eigenvalue weighted by Gasteiger charge is -2.22. The number of methoxy groups -OCH3 is 1. The molecule has 1 heterocycles. The Kier molecular flexibility index (Phi) is 4.87. The van der Waals surface area contributed by atoms with Gasteiger partial charge in [-0.25, -0.2) is 0 Å². The van der Waals surface area contributed by atoms with E-state index in [1.807, 2.05) is 19.2 Å². The molecule has 17 heavy (non-hydrogen) atoms. The van der Waals surface area contributed by atoms with Crippen LogP contribution >= 0.6 is 0 Å². The van der Waals surface area contributed by atoms with Crippen molar-refractivity contribution in [3.8, 4) is 5.88 Å². The van der Waals surface area contributed by atoms with Crippen molar-refractivity contribution in [2.45, 2.75) is 39.7 Å². The Morgan fingerprint density at radius 3 is 2.41 bits per heavy atom. The highest BCUT2D eigenvalue weighted by atomic mass is 16.5. The highest BCUT2D eigenvalue weighted by Crippen LogP contribution is 2.26. The Bertz CT molecular complexity index is 330. The summed E-state index contributed by atoms with van der Waals surface area (Å²) in [6.07, 6.45) is 2.20. The zero-order valence-electron chi connectivity index (χ0n) is 11.4. The lowest BCUT2D eigenvalue weighted by Crippen LogP contribution is -2.20. The van der Waals surface area contributed by atoms with Gasteiger partial charge in [-0.15, -0.1) is 5.10 Å². The molecule has 0 saturated heterocycles. The summed E-state index contributed by atoms with van der Waals surface area (Å²) in [5, 5.41) is 11.5. The molecule has 1 aromatic rings. The van der Waals surface area contributed by atoms with E-state index < -0.39 is 0 Å². The van der Waals surface area contributed by atoms with E-state index in [1.54, 1.807) is 7.11 Å². The highest BCUT2D eigenvalue weighted by Gasteiger charge is 2.16. The summed E-state index contributed by atoms with van der Waals surface area (Å²) in [6, 6.07) is 4.08. The molecule has 0 aliphatic rings. The fraction of sp³-hybridized carbons (Fsp3) is 0.692. The van der Waals surface area contributed by atoms with Crippen LogP contribution in [0.4, 0.5) is 0 Å². The number of hydrogen-bond acceptors (Lipinski definition) is 4. The van der Waals surface area contributed by atoms with Gasteiger partial charge >= 0.3 is 0 Å². The molecule has 0 aromatic carbocycles. The third-order valence-corrected chi connectivity index (χ3v) is 2.76. The summed E-state index contributed by atoms with van der Waals surface area (Å²) < 4.78 is 5.00. The highest BCUT2D eigenvalue weighted by molar-refractivity contribution is 5.14. The van der Waals surface area contributed by atoms with Gasteiger partial charge in [-0.05, 0) is 31.4 Å². The van der Waals surface area contributed by atoms with Crippen molar-refractivity contribution in [3.63, 3.8) is 0 Å². The van der Waals surface area contributed by atoms with Crippen LogP contribution in [0.25, 0.3) is 0 Å². The summed E-state index contributed by atoms with van der Waals surface area (Å²) in [5.74, 6) is 0.555. The average Bonchev–Trinajstić information content (AvgIpc) is 2.29. The summed E-state index contributed by atoms with van der Waals surface area (Å²) in [7, 11) is 3.55. The molecule has 0 fully saturated rings. The predicted octanol–water partition coefficient (Wildman–Crippen LogP) is 2.57. The van der Waals surface area contributed by atoms with Crippen LogP contribution in [0.2, 0.25) is 0 Å². The van der Waals surface area contributed by atoms with Crippen LogP contribution in [0.5, 0.6) is 5.88 Å². The first kappa shape index (κ1) is 13.9. The lowest BCUT2D eigenvalue weighted by atomic mass is 9.88. The first-order valence-electron chi connectivity index (χ1n) is 6.01. The SMILES string of the molecule is CNC(CCC(C)(C)C)c1ccc(OC)nn1. The zero-order chi connectivity index (χ0) is 12.9. The monoisotopic (exact) mass is 237 g/mol. The molecule has 1 atom stereocenters. The first-order chi connectivity index (χ1) is 7.96. The van der Waals surface area contributed by atoms with Gasteiger partial charge in [0.2, 0.25) is 5.88 Å². The van der Waals surface area contributed by atoms with E-state index in [2.05, 4.69) is 36.3 Å². The third-order valence-electron chi connectivity index (χ3n) is 2.76. The maximum Gasteiger partial charge on any atom is 0.233 e. The molecule has 1 N–H and O–H groups in total. The van der Waals surface area contributed by atoms with E-state index >= 15 is 0 Å². The minimum absolute atomic E-state index is 0.257. The fourth-order valence-electron chi connectivity index (χ4n) is 1.64. The van der Waals surface area contributed by atoms with Gasteiger partial charge in [0.15, 0.2) is 0 Å². The number of aromatic nitrogens is 2. The largest absolute Gasteiger partial charge is 0.480 e. The second-order valence-corrected chi connectivity index (χ2v) is 5.44. The summed E-state index contributed by atoms with van der Waals surface area (Å²) >= 11 is 0. The van der Waals surface area contributed by atoms with Crippen LogP contribution in [0.3, 0.4) is 0 Å². The van der Waals surface area contributed by atoms with Gasteiger partial charge in [-0.3, -0.25) is 0 Å². The van der Waals surface area contributed by atoms with E-state index in [1.165, 1.54) is 0 Å². The molecular formula is C13H23N3O. The van der Waals surface area contributed by atoms with Gasteiger partial charge in [0.1, 0.15) is 0 Å². The molecule has 0 aliphatic carbocycles. The van der Waals surface area contributed by atoms with Crippen molar-refractivity contribution in [1.29, 1.82) is 0 Å². The van der Waals surface area contributed by atoms with Gasteiger partial charge in [-0.1, -0.05) is 20.8 Å². The normalized spacial score (nSPS) is 13.5. The Morgan fingerprint density at radius 2 is 2.00 bits per heavy atom. The quantitative estimate of drug-likeness (QED) is 0.855. The molecule has 0 saturated carbocycles. The van der Waals surface area contributed by atoms with Crippen LogP contribution in [0, 0.1) is 5.41 Å². The van der Waals surface area contributed by atoms with E-state index in [4.69, 9.17) is 4.74 Å². The maximum absolute atomic E-state index is 5.00. The van der Waals surface area contributed by atoms with Crippen molar-refractivity contribution in [2.24, 2.45) is 5.41 Å². The minimum Gasteiger partial charge on any atom is -0.480 e. The van der Waals surface area contributed by atoms with Gasteiger partial charge < -0.3 is 10.1 Å². The average molecular weight is 237 g/mol. The van der Waals surface area contributed by atoms with Gasteiger partial charge in [0, 0.05) is 6.07 Å². The lowest BCUT2D eigenvalue weighted by molar-refractivity contribution is 0.334. The molecule has 0 spiro atoms. The smallest absolute Gasteiger partial charge is 0.233 e. The summed E-state index contributed by atoms with van der Waals surface area (Å²) in [4.78, 5) is 0. The zero-order valence-corrected chi connectivity index (χ0v) is 11.4. The number of rotatable bonds is 5. The molecule has 96 valence electrons. The number of hydrogen-bond donors (Lipinski definition) is 1. The van der Waals surface area contributed by atoms with E-state index in [0.717, 1.165) is 18.5 Å². The van der Waals surface area contributed by atoms with Crippen molar-refractivity contribution in [2.75, 3.05) is 14.2 Å².